The fraction of sp³-hybridized carbons (Fsp3) is 0.304. The van der Waals surface area contributed by atoms with E-state index < -0.39 is 0 Å². The van der Waals surface area contributed by atoms with Crippen LogP contribution in [0, 0.1) is 0 Å². The fourth-order valence-corrected chi connectivity index (χ4v) is 3.81. The van der Waals surface area contributed by atoms with E-state index in [9.17, 15) is 4.79 Å². The van der Waals surface area contributed by atoms with E-state index in [1.165, 1.54) is 11.1 Å². The van der Waals surface area contributed by atoms with Gasteiger partial charge in [-0.05, 0) is 48.9 Å². The number of nitrogens with one attached hydrogen (secondary N) is 1. The molecule has 0 radical (unpaired) electrons. The molecule has 3 aromatic rings. The summed E-state index contributed by atoms with van der Waals surface area (Å²) in [6.45, 7) is 0. The molecule has 1 aromatic heterocycles. The number of benzene rings is 2. The highest BCUT2D eigenvalue weighted by molar-refractivity contribution is 5.76. The van der Waals surface area contributed by atoms with Crippen LogP contribution in [0.2, 0.25) is 0 Å². The number of carbonyl (C=O) groups excluding carboxylic acids is 1. The number of nitrogen functional groups attached to an aromatic ring is 1. The zero-order valence-corrected chi connectivity index (χ0v) is 15.9. The van der Waals surface area contributed by atoms with Crippen molar-refractivity contribution in [3.05, 3.63) is 71.7 Å². The number of rotatable bonds is 6. The third-order valence-electron chi connectivity index (χ3n) is 5.22. The van der Waals surface area contributed by atoms with Crippen molar-refractivity contribution >= 4 is 11.6 Å². The number of aromatic nitrogens is 1. The Bertz CT molecular complexity index is 949. The lowest BCUT2D eigenvalue weighted by Gasteiger charge is -2.26. The second kappa shape index (κ2) is 8.30. The monoisotopic (exact) mass is 375 g/mol. The molecule has 1 atom stereocenters. The van der Waals surface area contributed by atoms with Gasteiger partial charge in [-0.15, -0.1) is 0 Å². The maximum Gasteiger partial charge on any atom is 0.220 e. The molecule has 144 valence electrons. The van der Waals surface area contributed by atoms with Crippen molar-refractivity contribution in [1.29, 1.82) is 0 Å². The highest BCUT2D eigenvalue weighted by Gasteiger charge is 2.21. The van der Waals surface area contributed by atoms with Gasteiger partial charge in [0.05, 0.1) is 12.2 Å². The van der Waals surface area contributed by atoms with Gasteiger partial charge in [-0.1, -0.05) is 36.4 Å². The summed E-state index contributed by atoms with van der Waals surface area (Å²) in [7, 11) is 0. The van der Waals surface area contributed by atoms with Gasteiger partial charge in [0.25, 0.3) is 0 Å². The largest absolute Gasteiger partial charge is 0.441 e. The summed E-state index contributed by atoms with van der Waals surface area (Å²) in [6, 6.07) is 16.0. The molecule has 0 aliphatic heterocycles. The van der Waals surface area contributed by atoms with Crippen molar-refractivity contribution in [1.82, 2.24) is 10.3 Å². The average molecular weight is 375 g/mol. The van der Waals surface area contributed by atoms with Crippen LogP contribution in [0.3, 0.4) is 0 Å². The lowest BCUT2D eigenvalue weighted by atomic mass is 9.87. The Morgan fingerprint density at radius 2 is 2.07 bits per heavy atom. The van der Waals surface area contributed by atoms with Gasteiger partial charge in [0.2, 0.25) is 5.91 Å². The predicted molar refractivity (Wildman–Crippen MR) is 110 cm³/mol. The fourth-order valence-electron chi connectivity index (χ4n) is 3.81. The Kier molecular flexibility index (Phi) is 5.42. The first-order chi connectivity index (χ1) is 13.7. The van der Waals surface area contributed by atoms with Crippen LogP contribution in [-0.2, 0) is 17.6 Å². The minimum absolute atomic E-state index is 0.0736. The molecule has 1 unspecified atom stereocenters. The number of carbonyl (C=O) groups is 1. The normalized spacial score (nSPS) is 15.8. The number of oxazole rings is 1. The van der Waals surface area contributed by atoms with E-state index in [0.29, 0.717) is 25.2 Å². The topological polar surface area (TPSA) is 81.1 Å². The van der Waals surface area contributed by atoms with Gasteiger partial charge < -0.3 is 15.5 Å². The average Bonchev–Trinajstić information content (AvgIpc) is 3.17. The summed E-state index contributed by atoms with van der Waals surface area (Å²) in [5.41, 5.74) is 10.1. The smallest absolute Gasteiger partial charge is 0.220 e. The van der Waals surface area contributed by atoms with Gasteiger partial charge in [-0.2, -0.15) is 0 Å². The zero-order chi connectivity index (χ0) is 19.3. The molecule has 5 nitrogen and oxygen atoms in total. The molecule has 28 heavy (non-hydrogen) atoms. The van der Waals surface area contributed by atoms with Crippen molar-refractivity contribution in [3.8, 4) is 11.3 Å². The molecule has 4 rings (SSSR count). The second-order valence-corrected chi connectivity index (χ2v) is 7.31. The van der Waals surface area contributed by atoms with Crippen LogP contribution in [0.5, 0.6) is 0 Å². The van der Waals surface area contributed by atoms with E-state index in [4.69, 9.17) is 10.2 Å². The maximum atomic E-state index is 12.4. The number of nitrogens with two attached hydrogens (primary N) is 1. The molecule has 0 saturated heterocycles. The van der Waals surface area contributed by atoms with Gasteiger partial charge in [0, 0.05) is 24.1 Å². The predicted octanol–water partition coefficient (Wildman–Crippen LogP) is 4.44. The zero-order valence-electron chi connectivity index (χ0n) is 15.9. The summed E-state index contributed by atoms with van der Waals surface area (Å²) in [4.78, 5) is 16.8. The van der Waals surface area contributed by atoms with E-state index in [-0.39, 0.29) is 11.9 Å². The number of hydrogen-bond acceptors (Lipinski definition) is 4. The molecule has 3 N–H and O–H groups in total. The Morgan fingerprint density at radius 1 is 1.21 bits per heavy atom. The van der Waals surface area contributed by atoms with Crippen LogP contribution >= 0.6 is 0 Å². The minimum atomic E-state index is 0.0736. The summed E-state index contributed by atoms with van der Waals surface area (Å²) < 4.78 is 5.80. The van der Waals surface area contributed by atoms with E-state index in [0.717, 1.165) is 36.3 Å². The molecule has 0 fully saturated rings. The van der Waals surface area contributed by atoms with Gasteiger partial charge in [-0.25, -0.2) is 4.98 Å². The van der Waals surface area contributed by atoms with Crippen molar-refractivity contribution in [2.75, 3.05) is 5.73 Å². The molecule has 2 aromatic carbocycles. The molecule has 5 heteroatoms. The Labute approximate surface area is 165 Å². The molecule has 0 bridgehead atoms. The third-order valence-corrected chi connectivity index (χ3v) is 5.22. The number of aryl methyl sites for hydroxylation is 2. The summed E-state index contributed by atoms with van der Waals surface area (Å²) in [5, 5.41) is 3.18. The number of nitrogens with zero attached hydrogens (tertiary/aromatic N) is 1. The SMILES string of the molecule is Nc1ccc2c(c1)CCCC2NC(=O)CCCc1ncc(-c2ccccc2)o1. The van der Waals surface area contributed by atoms with Crippen molar-refractivity contribution in [3.63, 3.8) is 0 Å². The minimum Gasteiger partial charge on any atom is -0.441 e. The third kappa shape index (κ3) is 4.25. The van der Waals surface area contributed by atoms with E-state index >= 15 is 0 Å². The van der Waals surface area contributed by atoms with E-state index in [1.54, 1.807) is 6.20 Å². The van der Waals surface area contributed by atoms with Crippen molar-refractivity contribution < 1.29 is 9.21 Å². The molecule has 1 aliphatic rings. The number of anilines is 1. The van der Waals surface area contributed by atoms with E-state index in [1.807, 2.05) is 48.5 Å². The van der Waals surface area contributed by atoms with Crippen LogP contribution in [0.15, 0.2) is 59.1 Å². The molecule has 0 saturated carbocycles. The lowest BCUT2D eigenvalue weighted by molar-refractivity contribution is -0.122. The van der Waals surface area contributed by atoms with Crippen LogP contribution in [-0.4, -0.2) is 10.9 Å². The maximum absolute atomic E-state index is 12.4. The molecule has 1 heterocycles. The first-order valence-electron chi connectivity index (χ1n) is 9.87. The van der Waals surface area contributed by atoms with Crippen molar-refractivity contribution in [2.45, 2.75) is 44.6 Å². The number of fused-ring (bicyclic) bond motifs is 1. The summed E-state index contributed by atoms with van der Waals surface area (Å²) in [6.07, 6.45) is 6.64. The van der Waals surface area contributed by atoms with Gasteiger partial charge >= 0.3 is 0 Å². The van der Waals surface area contributed by atoms with Crippen molar-refractivity contribution in [2.24, 2.45) is 0 Å². The molecular weight excluding hydrogens is 350 g/mol. The van der Waals surface area contributed by atoms with Gasteiger partial charge in [-0.3, -0.25) is 4.79 Å². The summed E-state index contributed by atoms with van der Waals surface area (Å²) in [5.74, 6) is 1.51. The number of hydrogen-bond donors (Lipinski definition) is 2. The highest BCUT2D eigenvalue weighted by atomic mass is 16.4. The highest BCUT2D eigenvalue weighted by Crippen LogP contribution is 2.31. The number of amides is 1. The lowest BCUT2D eigenvalue weighted by Crippen LogP contribution is -2.30. The standard InChI is InChI=1S/C23H25N3O2/c24-18-12-13-19-17(14-18)8-4-9-20(19)26-22(27)10-5-11-23-25-15-21(28-23)16-6-2-1-3-7-16/h1-3,6-7,12-15,20H,4-5,8-11,24H2,(H,26,27). The van der Waals surface area contributed by atoms with Gasteiger partial charge in [0.1, 0.15) is 0 Å². The van der Waals surface area contributed by atoms with Crippen LogP contribution in [0.4, 0.5) is 5.69 Å². The second-order valence-electron chi connectivity index (χ2n) is 7.31. The molecular formula is C23H25N3O2. The summed E-state index contributed by atoms with van der Waals surface area (Å²) >= 11 is 0. The molecule has 1 aliphatic carbocycles. The quantitative estimate of drug-likeness (QED) is 0.624. The first-order valence-corrected chi connectivity index (χ1v) is 9.87. The Hall–Kier alpha value is -3.08. The Balaban J connectivity index is 1.29. The van der Waals surface area contributed by atoms with E-state index in [2.05, 4.69) is 10.3 Å². The van der Waals surface area contributed by atoms with Crippen LogP contribution in [0.1, 0.15) is 48.7 Å². The molecule has 0 spiro atoms. The van der Waals surface area contributed by atoms with Crippen LogP contribution < -0.4 is 11.1 Å². The molecule has 1 amide bonds. The van der Waals surface area contributed by atoms with Crippen LogP contribution in [0.25, 0.3) is 11.3 Å². The Morgan fingerprint density at radius 3 is 2.93 bits per heavy atom. The van der Waals surface area contributed by atoms with Gasteiger partial charge in [0.15, 0.2) is 11.7 Å². The first kappa shape index (κ1) is 18.3.